The van der Waals surface area contributed by atoms with Crippen LogP contribution in [-0.4, -0.2) is 71.6 Å². The second-order valence-electron chi connectivity index (χ2n) is 7.41. The molecule has 6 heteroatoms. The number of hydrogen-bond acceptors (Lipinski definition) is 4. The van der Waals surface area contributed by atoms with E-state index in [9.17, 15) is 14.7 Å². The van der Waals surface area contributed by atoms with Gasteiger partial charge in [-0.25, -0.2) is 0 Å². The largest absolute Gasteiger partial charge is 0.396 e. The van der Waals surface area contributed by atoms with Crippen molar-refractivity contribution < 1.29 is 14.7 Å². The zero-order valence-electron chi connectivity index (χ0n) is 15.4. The number of nitrogens with zero attached hydrogens (tertiary/aromatic N) is 2. The van der Waals surface area contributed by atoms with Gasteiger partial charge < -0.3 is 15.3 Å². The average Bonchev–Trinajstić information content (AvgIpc) is 2.68. The third kappa shape index (κ3) is 4.43. The van der Waals surface area contributed by atoms with Gasteiger partial charge in [-0.05, 0) is 37.9 Å². The molecule has 0 aromatic heterocycles. The molecule has 3 rings (SSSR count). The minimum atomic E-state index is -0.0812. The summed E-state index contributed by atoms with van der Waals surface area (Å²) in [5, 5.41) is 12.9. The van der Waals surface area contributed by atoms with Crippen LogP contribution >= 0.6 is 0 Å². The van der Waals surface area contributed by atoms with Gasteiger partial charge in [-0.1, -0.05) is 18.2 Å². The summed E-state index contributed by atoms with van der Waals surface area (Å²) in [6.45, 7) is 5.03. The van der Waals surface area contributed by atoms with E-state index in [0.29, 0.717) is 11.6 Å². The first-order valence-corrected chi connectivity index (χ1v) is 9.55. The van der Waals surface area contributed by atoms with Gasteiger partial charge in [0, 0.05) is 56.7 Å². The predicted molar refractivity (Wildman–Crippen MR) is 99.7 cm³/mol. The number of aliphatic hydroxyl groups excluding tert-OH is 1. The Balaban J connectivity index is 1.60. The standard InChI is InChI=1S/C20H29N3O3/c1-15(25)22-11-8-18(9-12-22)23-10-7-17(14-24)19(13-23)21-20(26)16-5-3-2-4-6-16/h2-6,17-19,24H,7-14H2,1H3,(H,21,26)/t17-,19-/m1/s1. The van der Waals surface area contributed by atoms with Crippen molar-refractivity contribution in [3.05, 3.63) is 35.9 Å². The second-order valence-corrected chi connectivity index (χ2v) is 7.41. The SMILES string of the molecule is CC(=O)N1CCC(N2CC[C@H](CO)[C@H](NC(=O)c3ccccc3)C2)CC1. The van der Waals surface area contributed by atoms with Gasteiger partial charge in [0.05, 0.1) is 0 Å². The first-order valence-electron chi connectivity index (χ1n) is 9.55. The molecular formula is C20H29N3O3. The molecule has 142 valence electrons. The molecule has 2 saturated heterocycles. The molecule has 2 atom stereocenters. The van der Waals surface area contributed by atoms with Crippen molar-refractivity contribution in [1.82, 2.24) is 15.1 Å². The summed E-state index contributed by atoms with van der Waals surface area (Å²) in [6, 6.07) is 9.61. The van der Waals surface area contributed by atoms with Gasteiger partial charge in [-0.2, -0.15) is 0 Å². The number of nitrogens with one attached hydrogen (secondary N) is 1. The van der Waals surface area contributed by atoms with Crippen LogP contribution in [0.25, 0.3) is 0 Å². The van der Waals surface area contributed by atoms with Crippen molar-refractivity contribution in [2.75, 3.05) is 32.8 Å². The van der Waals surface area contributed by atoms with E-state index >= 15 is 0 Å². The third-order valence-corrected chi connectivity index (χ3v) is 5.80. The number of likely N-dealkylation sites (tertiary alicyclic amines) is 2. The Hall–Kier alpha value is -1.92. The lowest BCUT2D eigenvalue weighted by Crippen LogP contribution is -2.57. The van der Waals surface area contributed by atoms with E-state index in [-0.39, 0.29) is 30.4 Å². The molecule has 2 N–H and O–H groups in total. The third-order valence-electron chi connectivity index (χ3n) is 5.80. The van der Waals surface area contributed by atoms with Crippen LogP contribution in [0.4, 0.5) is 0 Å². The Kier molecular flexibility index (Phi) is 6.27. The van der Waals surface area contributed by atoms with Crippen LogP contribution in [0.5, 0.6) is 0 Å². The molecule has 2 aliphatic heterocycles. The average molecular weight is 359 g/mol. The lowest BCUT2D eigenvalue weighted by Gasteiger charge is -2.44. The smallest absolute Gasteiger partial charge is 0.251 e. The molecule has 2 amide bonds. The number of carbonyl (C=O) groups excluding carboxylic acids is 2. The molecular weight excluding hydrogens is 330 g/mol. The van der Waals surface area contributed by atoms with Crippen LogP contribution in [0.2, 0.25) is 0 Å². The number of amides is 2. The zero-order chi connectivity index (χ0) is 18.5. The summed E-state index contributed by atoms with van der Waals surface area (Å²) >= 11 is 0. The summed E-state index contributed by atoms with van der Waals surface area (Å²) in [5.74, 6) is 0.161. The lowest BCUT2D eigenvalue weighted by molar-refractivity contribution is -0.130. The van der Waals surface area contributed by atoms with Crippen molar-refractivity contribution >= 4 is 11.8 Å². The van der Waals surface area contributed by atoms with Gasteiger partial charge in [0.2, 0.25) is 5.91 Å². The van der Waals surface area contributed by atoms with Crippen LogP contribution in [0.15, 0.2) is 30.3 Å². The minimum absolute atomic E-state index is 0.0488. The van der Waals surface area contributed by atoms with E-state index in [4.69, 9.17) is 0 Å². The number of hydrogen-bond donors (Lipinski definition) is 2. The van der Waals surface area contributed by atoms with Gasteiger partial charge in [0.1, 0.15) is 0 Å². The van der Waals surface area contributed by atoms with Crippen molar-refractivity contribution in [1.29, 1.82) is 0 Å². The number of rotatable bonds is 4. The van der Waals surface area contributed by atoms with Crippen LogP contribution in [0, 0.1) is 5.92 Å². The van der Waals surface area contributed by atoms with Crippen LogP contribution in [0.1, 0.15) is 36.5 Å². The number of carbonyl (C=O) groups is 2. The summed E-state index contributed by atoms with van der Waals surface area (Å²) in [7, 11) is 0. The first-order chi connectivity index (χ1) is 12.6. The molecule has 2 heterocycles. The summed E-state index contributed by atoms with van der Waals surface area (Å²) < 4.78 is 0. The Morgan fingerprint density at radius 1 is 1.12 bits per heavy atom. The van der Waals surface area contributed by atoms with E-state index in [0.717, 1.165) is 45.4 Å². The van der Waals surface area contributed by atoms with E-state index in [2.05, 4.69) is 10.2 Å². The predicted octanol–water partition coefficient (Wildman–Crippen LogP) is 1.11. The van der Waals surface area contributed by atoms with Gasteiger partial charge >= 0.3 is 0 Å². The van der Waals surface area contributed by atoms with Crippen molar-refractivity contribution in [2.24, 2.45) is 5.92 Å². The molecule has 26 heavy (non-hydrogen) atoms. The normalized spacial score (nSPS) is 25.1. The van der Waals surface area contributed by atoms with Gasteiger partial charge in [-0.3, -0.25) is 14.5 Å². The number of aliphatic hydroxyl groups is 1. The minimum Gasteiger partial charge on any atom is -0.396 e. The number of benzene rings is 1. The van der Waals surface area contributed by atoms with Crippen molar-refractivity contribution in [3.63, 3.8) is 0 Å². The molecule has 2 aliphatic rings. The highest BCUT2D eigenvalue weighted by atomic mass is 16.3. The molecule has 0 unspecified atom stereocenters. The van der Waals surface area contributed by atoms with Gasteiger partial charge in [0.25, 0.3) is 5.91 Å². The molecule has 0 bridgehead atoms. The maximum atomic E-state index is 12.5. The van der Waals surface area contributed by atoms with Crippen molar-refractivity contribution in [2.45, 2.75) is 38.3 Å². The summed E-state index contributed by atoms with van der Waals surface area (Å²) in [4.78, 5) is 28.4. The summed E-state index contributed by atoms with van der Waals surface area (Å²) in [5.41, 5.74) is 0.649. The monoisotopic (exact) mass is 359 g/mol. The van der Waals surface area contributed by atoms with E-state index < -0.39 is 0 Å². The molecule has 1 aromatic rings. The molecule has 1 aromatic carbocycles. The Morgan fingerprint density at radius 2 is 1.81 bits per heavy atom. The quantitative estimate of drug-likeness (QED) is 0.845. The Bertz CT molecular complexity index is 614. The molecule has 0 radical (unpaired) electrons. The van der Waals surface area contributed by atoms with Gasteiger partial charge in [-0.15, -0.1) is 0 Å². The fourth-order valence-electron chi connectivity index (χ4n) is 4.13. The highest BCUT2D eigenvalue weighted by Crippen LogP contribution is 2.24. The second kappa shape index (κ2) is 8.64. The maximum absolute atomic E-state index is 12.5. The fraction of sp³-hybridized carbons (Fsp3) is 0.600. The molecule has 0 aliphatic carbocycles. The van der Waals surface area contributed by atoms with Crippen molar-refractivity contribution in [3.8, 4) is 0 Å². The van der Waals surface area contributed by atoms with E-state index in [1.807, 2.05) is 23.1 Å². The van der Waals surface area contributed by atoms with Crippen LogP contribution < -0.4 is 5.32 Å². The Labute approximate surface area is 155 Å². The highest BCUT2D eigenvalue weighted by molar-refractivity contribution is 5.94. The number of piperidine rings is 2. The Morgan fingerprint density at radius 3 is 2.42 bits per heavy atom. The maximum Gasteiger partial charge on any atom is 0.251 e. The topological polar surface area (TPSA) is 72.9 Å². The molecule has 6 nitrogen and oxygen atoms in total. The van der Waals surface area contributed by atoms with E-state index in [1.54, 1.807) is 19.1 Å². The van der Waals surface area contributed by atoms with E-state index in [1.165, 1.54) is 0 Å². The lowest BCUT2D eigenvalue weighted by atomic mass is 9.89. The van der Waals surface area contributed by atoms with Crippen LogP contribution in [0.3, 0.4) is 0 Å². The first kappa shape index (κ1) is 18.9. The molecule has 0 spiro atoms. The highest BCUT2D eigenvalue weighted by Gasteiger charge is 2.34. The summed E-state index contributed by atoms with van der Waals surface area (Å²) in [6.07, 6.45) is 2.83. The van der Waals surface area contributed by atoms with Gasteiger partial charge in [0.15, 0.2) is 0 Å². The fourth-order valence-corrected chi connectivity index (χ4v) is 4.13. The van der Waals surface area contributed by atoms with Crippen LogP contribution in [-0.2, 0) is 4.79 Å². The molecule has 2 fully saturated rings. The molecule has 0 saturated carbocycles. The zero-order valence-corrected chi connectivity index (χ0v) is 15.4.